The Morgan fingerprint density at radius 1 is 1.04 bits per heavy atom. The minimum absolute atomic E-state index is 0.278. The van der Waals surface area contributed by atoms with Crippen LogP contribution in [0.1, 0.15) is 12.0 Å². The lowest BCUT2D eigenvalue weighted by atomic mass is 10.2. The number of allylic oxidation sites excluding steroid dienone is 1. The van der Waals surface area contributed by atoms with Gasteiger partial charge in [0, 0.05) is 6.54 Å². The zero-order valence-corrected chi connectivity index (χ0v) is 12.2. The molecule has 1 aromatic heterocycles. The van der Waals surface area contributed by atoms with Crippen molar-refractivity contribution in [3.8, 4) is 0 Å². The van der Waals surface area contributed by atoms with E-state index in [0.29, 0.717) is 23.9 Å². The van der Waals surface area contributed by atoms with Gasteiger partial charge in [-0.3, -0.25) is 4.57 Å². The maximum Gasteiger partial charge on any atom is 0.422 e. The van der Waals surface area contributed by atoms with Crippen molar-refractivity contribution in [1.82, 2.24) is 4.57 Å². The summed E-state index contributed by atoms with van der Waals surface area (Å²) in [5.74, 6) is -0.941. The van der Waals surface area contributed by atoms with Gasteiger partial charge in [-0.25, -0.2) is 14.0 Å². The van der Waals surface area contributed by atoms with Crippen LogP contribution in [0.3, 0.4) is 0 Å². The fraction of sp³-hybridized carbons (Fsp3) is 0.111. The van der Waals surface area contributed by atoms with Crippen molar-refractivity contribution in [2.24, 2.45) is 0 Å². The van der Waals surface area contributed by atoms with E-state index >= 15 is 0 Å². The lowest BCUT2D eigenvalue weighted by Gasteiger charge is -2.06. The van der Waals surface area contributed by atoms with Crippen molar-refractivity contribution in [3.05, 3.63) is 87.0 Å². The molecular formula is C18H14FNO3. The highest BCUT2D eigenvalue weighted by molar-refractivity contribution is 5.77. The Morgan fingerprint density at radius 3 is 2.57 bits per heavy atom. The molecule has 3 rings (SSSR count). The average Bonchev–Trinajstić information content (AvgIpc) is 2.55. The molecule has 0 radical (unpaired) electrons. The molecular weight excluding hydrogens is 297 g/mol. The number of halogens is 1. The Bertz CT molecular complexity index is 968. The molecule has 0 spiro atoms. The van der Waals surface area contributed by atoms with Gasteiger partial charge in [0.05, 0.1) is 10.9 Å². The van der Waals surface area contributed by atoms with E-state index in [1.807, 2.05) is 12.2 Å². The molecule has 5 heteroatoms. The third-order valence-electron chi connectivity index (χ3n) is 3.51. The molecule has 0 aliphatic carbocycles. The average molecular weight is 311 g/mol. The molecule has 0 bridgehead atoms. The van der Waals surface area contributed by atoms with Gasteiger partial charge < -0.3 is 4.42 Å². The van der Waals surface area contributed by atoms with Gasteiger partial charge in [-0.05, 0) is 36.2 Å². The van der Waals surface area contributed by atoms with Gasteiger partial charge in [-0.2, -0.15) is 0 Å². The number of para-hydroxylation sites is 1. The van der Waals surface area contributed by atoms with Gasteiger partial charge in [-0.15, -0.1) is 0 Å². The largest absolute Gasteiger partial charge is 0.422 e. The second kappa shape index (κ2) is 6.44. The zero-order valence-electron chi connectivity index (χ0n) is 12.2. The van der Waals surface area contributed by atoms with Crippen LogP contribution >= 0.6 is 0 Å². The molecule has 0 saturated carbocycles. The van der Waals surface area contributed by atoms with Gasteiger partial charge in [0.15, 0.2) is 0 Å². The van der Waals surface area contributed by atoms with Gasteiger partial charge in [0.1, 0.15) is 5.82 Å². The molecule has 2 aromatic carbocycles. The van der Waals surface area contributed by atoms with Crippen molar-refractivity contribution in [2.75, 3.05) is 0 Å². The monoisotopic (exact) mass is 311 g/mol. The highest BCUT2D eigenvalue weighted by Crippen LogP contribution is 2.09. The normalized spacial score (nSPS) is 11.3. The Labute approximate surface area is 131 Å². The molecule has 0 atom stereocenters. The molecule has 116 valence electrons. The van der Waals surface area contributed by atoms with Crippen LogP contribution in [0, 0.1) is 5.82 Å². The number of aryl methyl sites for hydroxylation is 1. The predicted octanol–water partition coefficient (Wildman–Crippen LogP) is 3.20. The number of fused-ring (bicyclic) bond motifs is 1. The van der Waals surface area contributed by atoms with Crippen molar-refractivity contribution >= 4 is 17.0 Å². The van der Waals surface area contributed by atoms with Crippen LogP contribution in [0.5, 0.6) is 0 Å². The summed E-state index contributed by atoms with van der Waals surface area (Å²) in [6, 6.07) is 13.0. The molecule has 0 aliphatic heterocycles. The predicted molar refractivity (Wildman–Crippen MR) is 86.8 cm³/mol. The first-order chi connectivity index (χ1) is 11.1. The fourth-order valence-corrected chi connectivity index (χ4v) is 2.38. The number of hydrogen-bond donors (Lipinski definition) is 0. The van der Waals surface area contributed by atoms with Crippen LogP contribution in [0.2, 0.25) is 0 Å². The quantitative estimate of drug-likeness (QED) is 0.743. The molecule has 0 unspecified atom stereocenters. The van der Waals surface area contributed by atoms with Crippen LogP contribution in [0.25, 0.3) is 17.0 Å². The maximum absolute atomic E-state index is 12.8. The Kier molecular flexibility index (Phi) is 4.19. The number of hydrogen-bond acceptors (Lipinski definition) is 3. The Morgan fingerprint density at radius 2 is 1.78 bits per heavy atom. The van der Waals surface area contributed by atoms with E-state index in [1.165, 1.54) is 16.7 Å². The zero-order chi connectivity index (χ0) is 16.2. The summed E-state index contributed by atoms with van der Waals surface area (Å²) in [7, 11) is 0. The van der Waals surface area contributed by atoms with Crippen LogP contribution in [-0.4, -0.2) is 4.57 Å². The number of benzene rings is 2. The van der Waals surface area contributed by atoms with E-state index in [9.17, 15) is 14.0 Å². The molecule has 0 fully saturated rings. The standard InChI is InChI=1S/C18H14FNO3/c19-14-10-8-13(9-11-14)5-3-4-12-20-16-7-2-1-6-15(16)17(21)23-18(20)22/h1-3,5-11H,4,12H2/b5-3+. The van der Waals surface area contributed by atoms with Crippen molar-refractivity contribution in [1.29, 1.82) is 0 Å². The first kappa shape index (κ1) is 15.0. The van der Waals surface area contributed by atoms with Crippen molar-refractivity contribution < 1.29 is 8.81 Å². The lowest BCUT2D eigenvalue weighted by Crippen LogP contribution is -2.24. The molecule has 0 N–H and O–H groups in total. The van der Waals surface area contributed by atoms with E-state index in [2.05, 4.69) is 0 Å². The van der Waals surface area contributed by atoms with Crippen LogP contribution < -0.4 is 11.4 Å². The summed E-state index contributed by atoms with van der Waals surface area (Å²) in [4.78, 5) is 23.6. The summed E-state index contributed by atoms with van der Waals surface area (Å²) in [5.41, 5.74) is 0.816. The number of nitrogens with zero attached hydrogens (tertiary/aromatic N) is 1. The van der Waals surface area contributed by atoms with E-state index in [-0.39, 0.29) is 5.82 Å². The summed E-state index contributed by atoms with van der Waals surface area (Å²) >= 11 is 0. The fourth-order valence-electron chi connectivity index (χ4n) is 2.38. The van der Waals surface area contributed by atoms with Crippen LogP contribution in [0.15, 0.2) is 68.6 Å². The summed E-state index contributed by atoms with van der Waals surface area (Å²) in [5, 5.41) is 0.384. The van der Waals surface area contributed by atoms with Gasteiger partial charge in [0.25, 0.3) is 0 Å². The lowest BCUT2D eigenvalue weighted by molar-refractivity contribution is 0.417. The molecule has 0 amide bonds. The van der Waals surface area contributed by atoms with E-state index in [4.69, 9.17) is 4.42 Å². The molecule has 3 aromatic rings. The van der Waals surface area contributed by atoms with Crippen LogP contribution in [0.4, 0.5) is 4.39 Å². The third kappa shape index (κ3) is 3.29. The minimum atomic E-state index is -0.663. The third-order valence-corrected chi connectivity index (χ3v) is 3.51. The van der Waals surface area contributed by atoms with Crippen molar-refractivity contribution in [3.63, 3.8) is 0 Å². The van der Waals surface area contributed by atoms with E-state index < -0.39 is 11.4 Å². The second-order valence-corrected chi connectivity index (χ2v) is 5.07. The number of aromatic nitrogens is 1. The molecule has 0 aliphatic rings. The highest BCUT2D eigenvalue weighted by atomic mass is 19.1. The highest BCUT2D eigenvalue weighted by Gasteiger charge is 2.07. The topological polar surface area (TPSA) is 52.2 Å². The number of rotatable bonds is 4. The smallest absolute Gasteiger partial charge is 0.372 e. The first-order valence-electron chi connectivity index (χ1n) is 7.20. The Hall–Kier alpha value is -2.95. The molecule has 1 heterocycles. The molecule has 0 saturated heterocycles. The Balaban J connectivity index is 1.81. The minimum Gasteiger partial charge on any atom is -0.372 e. The van der Waals surface area contributed by atoms with E-state index in [1.54, 1.807) is 36.4 Å². The molecule has 23 heavy (non-hydrogen) atoms. The maximum atomic E-state index is 12.8. The van der Waals surface area contributed by atoms with Gasteiger partial charge >= 0.3 is 11.4 Å². The summed E-state index contributed by atoms with van der Waals surface area (Å²) in [6.07, 6.45) is 4.32. The summed E-state index contributed by atoms with van der Waals surface area (Å²) < 4.78 is 19.0. The SMILES string of the molecule is O=c1oc(=O)n(CC/C=C/c2ccc(F)cc2)c2ccccc12. The molecule has 4 nitrogen and oxygen atoms in total. The first-order valence-corrected chi connectivity index (χ1v) is 7.20. The summed E-state index contributed by atoms with van der Waals surface area (Å²) in [6.45, 7) is 0.390. The van der Waals surface area contributed by atoms with Gasteiger partial charge in [-0.1, -0.05) is 36.4 Å². The second-order valence-electron chi connectivity index (χ2n) is 5.07. The van der Waals surface area contributed by atoms with Crippen LogP contribution in [-0.2, 0) is 6.54 Å². The van der Waals surface area contributed by atoms with Crippen molar-refractivity contribution in [2.45, 2.75) is 13.0 Å². The van der Waals surface area contributed by atoms with E-state index in [0.717, 1.165) is 5.56 Å². The van der Waals surface area contributed by atoms with Gasteiger partial charge in [0.2, 0.25) is 0 Å².